The maximum absolute atomic E-state index is 12.0. The van der Waals surface area contributed by atoms with Gasteiger partial charge in [0.05, 0.1) is 0 Å². The Labute approximate surface area is 132 Å². The van der Waals surface area contributed by atoms with E-state index < -0.39 is 24.1 Å². The van der Waals surface area contributed by atoms with E-state index in [1.165, 1.54) is 6.92 Å². The van der Waals surface area contributed by atoms with Crippen molar-refractivity contribution in [2.24, 2.45) is 5.92 Å². The first-order chi connectivity index (χ1) is 10.4. The van der Waals surface area contributed by atoms with Crippen LogP contribution >= 0.6 is 0 Å². The molecule has 1 aromatic rings. The van der Waals surface area contributed by atoms with Crippen molar-refractivity contribution in [3.05, 3.63) is 35.9 Å². The van der Waals surface area contributed by atoms with Gasteiger partial charge in [-0.3, -0.25) is 4.79 Å². The summed E-state index contributed by atoms with van der Waals surface area (Å²) in [6.07, 6.45) is -0.263. The summed E-state index contributed by atoms with van der Waals surface area (Å²) < 4.78 is 10.3. The van der Waals surface area contributed by atoms with Crippen LogP contribution in [0.15, 0.2) is 30.3 Å². The van der Waals surface area contributed by atoms with Crippen molar-refractivity contribution in [1.29, 1.82) is 0 Å². The molecule has 0 aliphatic carbocycles. The second-order valence-electron chi connectivity index (χ2n) is 5.64. The third-order valence-corrected chi connectivity index (χ3v) is 3.19. The molecule has 122 valence electrons. The lowest BCUT2D eigenvalue weighted by Gasteiger charge is -2.19. The molecule has 1 aromatic carbocycles. The number of carbonyl (C=O) groups excluding carboxylic acids is 2. The van der Waals surface area contributed by atoms with E-state index in [0.717, 1.165) is 5.56 Å². The smallest absolute Gasteiger partial charge is 0.347 e. The summed E-state index contributed by atoms with van der Waals surface area (Å²) >= 11 is 0. The lowest BCUT2D eigenvalue weighted by molar-refractivity contribution is -0.168. The van der Waals surface area contributed by atoms with Gasteiger partial charge in [0.25, 0.3) is 0 Å². The SMILES string of the molecule is CN[C@@H](CC(C)C)C(=O)O[C@H](C)C(=O)OCc1ccccc1. The summed E-state index contributed by atoms with van der Waals surface area (Å²) in [6, 6.07) is 8.95. The predicted molar refractivity (Wildman–Crippen MR) is 84.1 cm³/mol. The second kappa shape index (κ2) is 9.20. The number of ether oxygens (including phenoxy) is 2. The zero-order valence-corrected chi connectivity index (χ0v) is 13.7. The topological polar surface area (TPSA) is 64.6 Å². The molecule has 1 rings (SSSR count). The number of esters is 2. The lowest BCUT2D eigenvalue weighted by atomic mass is 10.0. The van der Waals surface area contributed by atoms with Crippen molar-refractivity contribution < 1.29 is 19.1 Å². The van der Waals surface area contributed by atoms with E-state index in [1.54, 1.807) is 7.05 Å². The van der Waals surface area contributed by atoms with Crippen molar-refractivity contribution in [3.63, 3.8) is 0 Å². The van der Waals surface area contributed by atoms with Gasteiger partial charge in [-0.1, -0.05) is 44.2 Å². The van der Waals surface area contributed by atoms with Gasteiger partial charge >= 0.3 is 11.9 Å². The zero-order chi connectivity index (χ0) is 16.5. The molecule has 0 saturated carbocycles. The van der Waals surface area contributed by atoms with E-state index in [1.807, 2.05) is 44.2 Å². The first-order valence-electron chi connectivity index (χ1n) is 7.52. The van der Waals surface area contributed by atoms with Gasteiger partial charge in [-0.25, -0.2) is 4.79 Å². The van der Waals surface area contributed by atoms with Gasteiger partial charge in [-0.15, -0.1) is 0 Å². The van der Waals surface area contributed by atoms with Crippen LogP contribution in [-0.4, -0.2) is 31.1 Å². The normalized spacial score (nSPS) is 13.5. The Bertz CT molecular complexity index is 473. The molecule has 0 spiro atoms. The minimum Gasteiger partial charge on any atom is -0.458 e. The Balaban J connectivity index is 2.44. The van der Waals surface area contributed by atoms with E-state index >= 15 is 0 Å². The molecular formula is C17H25NO4. The number of carbonyl (C=O) groups is 2. The molecule has 0 aliphatic rings. The van der Waals surface area contributed by atoms with Crippen LogP contribution in [0.1, 0.15) is 32.8 Å². The van der Waals surface area contributed by atoms with Gasteiger partial charge in [0.15, 0.2) is 6.10 Å². The highest BCUT2D eigenvalue weighted by molar-refractivity contribution is 5.81. The standard InChI is InChI=1S/C17H25NO4/c1-12(2)10-15(18-4)17(20)22-13(3)16(19)21-11-14-8-6-5-7-9-14/h5-9,12-13,15,18H,10-11H2,1-4H3/t13-,15+/m1/s1. The third kappa shape index (κ3) is 6.26. The van der Waals surface area contributed by atoms with Gasteiger partial charge in [-0.05, 0) is 31.9 Å². The average molecular weight is 307 g/mol. The molecule has 5 nitrogen and oxygen atoms in total. The van der Waals surface area contributed by atoms with Crippen LogP contribution in [0.25, 0.3) is 0 Å². The van der Waals surface area contributed by atoms with Crippen LogP contribution in [-0.2, 0) is 25.7 Å². The van der Waals surface area contributed by atoms with E-state index in [9.17, 15) is 9.59 Å². The molecule has 0 heterocycles. The molecule has 2 atom stereocenters. The Morgan fingerprint density at radius 3 is 2.27 bits per heavy atom. The van der Waals surface area contributed by atoms with Crippen LogP contribution in [0.5, 0.6) is 0 Å². The zero-order valence-electron chi connectivity index (χ0n) is 13.7. The van der Waals surface area contributed by atoms with Crippen molar-refractivity contribution in [1.82, 2.24) is 5.32 Å². The number of hydrogen-bond acceptors (Lipinski definition) is 5. The summed E-state index contributed by atoms with van der Waals surface area (Å²) in [5, 5.41) is 2.91. The summed E-state index contributed by atoms with van der Waals surface area (Å²) in [5.41, 5.74) is 0.891. The summed E-state index contributed by atoms with van der Waals surface area (Å²) in [5.74, 6) is -0.623. The van der Waals surface area contributed by atoms with E-state index in [0.29, 0.717) is 12.3 Å². The lowest BCUT2D eigenvalue weighted by Crippen LogP contribution is -2.39. The predicted octanol–water partition coefficient (Wildman–Crippen LogP) is 2.30. The molecule has 0 saturated heterocycles. The molecule has 0 aliphatic heterocycles. The quantitative estimate of drug-likeness (QED) is 0.747. The van der Waals surface area contributed by atoms with Gasteiger partial charge in [0, 0.05) is 0 Å². The fourth-order valence-corrected chi connectivity index (χ4v) is 1.95. The van der Waals surface area contributed by atoms with Gasteiger partial charge in [0.1, 0.15) is 12.6 Å². The Morgan fingerprint density at radius 1 is 1.09 bits per heavy atom. The molecule has 22 heavy (non-hydrogen) atoms. The first kappa shape index (κ1) is 18.2. The molecule has 5 heteroatoms. The molecule has 0 unspecified atom stereocenters. The van der Waals surface area contributed by atoms with Gasteiger partial charge in [0.2, 0.25) is 0 Å². The highest BCUT2D eigenvalue weighted by Gasteiger charge is 2.25. The Morgan fingerprint density at radius 2 is 1.73 bits per heavy atom. The second-order valence-corrected chi connectivity index (χ2v) is 5.64. The third-order valence-electron chi connectivity index (χ3n) is 3.19. The highest BCUT2D eigenvalue weighted by Crippen LogP contribution is 2.09. The van der Waals surface area contributed by atoms with Crippen molar-refractivity contribution >= 4 is 11.9 Å². The largest absolute Gasteiger partial charge is 0.458 e. The van der Waals surface area contributed by atoms with Crippen LogP contribution < -0.4 is 5.32 Å². The van der Waals surface area contributed by atoms with Crippen LogP contribution in [0.4, 0.5) is 0 Å². The Kier molecular flexibility index (Phi) is 7.60. The van der Waals surface area contributed by atoms with Crippen LogP contribution in [0.3, 0.4) is 0 Å². The fourth-order valence-electron chi connectivity index (χ4n) is 1.95. The minimum atomic E-state index is -0.917. The van der Waals surface area contributed by atoms with E-state index in [2.05, 4.69) is 5.32 Å². The molecular weight excluding hydrogens is 282 g/mol. The maximum Gasteiger partial charge on any atom is 0.347 e. The molecule has 0 fully saturated rings. The average Bonchev–Trinajstić information content (AvgIpc) is 2.50. The van der Waals surface area contributed by atoms with Gasteiger partial charge < -0.3 is 14.8 Å². The monoisotopic (exact) mass is 307 g/mol. The molecule has 1 N–H and O–H groups in total. The van der Waals surface area contributed by atoms with E-state index in [4.69, 9.17) is 9.47 Å². The minimum absolute atomic E-state index is 0.170. The summed E-state index contributed by atoms with van der Waals surface area (Å²) in [7, 11) is 1.70. The molecule has 0 bridgehead atoms. The van der Waals surface area contributed by atoms with Gasteiger partial charge in [-0.2, -0.15) is 0 Å². The first-order valence-corrected chi connectivity index (χ1v) is 7.52. The van der Waals surface area contributed by atoms with Crippen molar-refractivity contribution in [2.75, 3.05) is 7.05 Å². The molecule has 0 radical (unpaired) electrons. The van der Waals surface area contributed by atoms with Crippen LogP contribution in [0, 0.1) is 5.92 Å². The summed E-state index contributed by atoms with van der Waals surface area (Å²) in [4.78, 5) is 23.9. The van der Waals surface area contributed by atoms with Crippen molar-refractivity contribution in [3.8, 4) is 0 Å². The van der Waals surface area contributed by atoms with Crippen molar-refractivity contribution in [2.45, 2.75) is 45.9 Å². The number of benzene rings is 1. The number of likely N-dealkylation sites (N-methyl/N-ethyl adjacent to an activating group) is 1. The molecule has 0 amide bonds. The number of nitrogens with one attached hydrogen (secondary N) is 1. The summed E-state index contributed by atoms with van der Waals surface area (Å²) in [6.45, 7) is 5.74. The van der Waals surface area contributed by atoms with E-state index in [-0.39, 0.29) is 6.61 Å². The van der Waals surface area contributed by atoms with Crippen LogP contribution in [0.2, 0.25) is 0 Å². The maximum atomic E-state index is 12.0. The highest BCUT2D eigenvalue weighted by atomic mass is 16.6. The Hall–Kier alpha value is -1.88. The number of hydrogen-bond donors (Lipinski definition) is 1. The fraction of sp³-hybridized carbons (Fsp3) is 0.529. The number of rotatable bonds is 8. The molecule has 0 aromatic heterocycles.